The third-order valence-electron chi connectivity index (χ3n) is 4.49. The van der Waals surface area contributed by atoms with Gasteiger partial charge in [-0.15, -0.1) is 11.3 Å². The van der Waals surface area contributed by atoms with Crippen LogP contribution in [0.25, 0.3) is 22.2 Å². The lowest BCUT2D eigenvalue weighted by molar-refractivity contribution is 0.599. The van der Waals surface area contributed by atoms with Crippen LogP contribution < -0.4 is 5.73 Å². The number of rotatable bonds is 4. The predicted molar refractivity (Wildman–Crippen MR) is 116 cm³/mol. The van der Waals surface area contributed by atoms with Crippen LogP contribution in [0.2, 0.25) is 0 Å². The van der Waals surface area contributed by atoms with Gasteiger partial charge in [-0.25, -0.2) is 18.4 Å². The van der Waals surface area contributed by atoms with Crippen molar-refractivity contribution in [3.63, 3.8) is 0 Å². The third-order valence-corrected chi connectivity index (χ3v) is 7.70. The molecule has 10 heteroatoms. The number of pyridine rings is 1. The van der Waals surface area contributed by atoms with E-state index in [2.05, 4.69) is 20.1 Å². The highest BCUT2D eigenvalue weighted by Gasteiger charge is 2.31. The van der Waals surface area contributed by atoms with Gasteiger partial charge in [0.2, 0.25) is 9.84 Å². The number of thiophene rings is 1. The summed E-state index contributed by atoms with van der Waals surface area (Å²) < 4.78 is 28.2. The number of para-hydroxylation sites is 2. The Morgan fingerprint density at radius 2 is 1.73 bits per heavy atom. The second kappa shape index (κ2) is 7.01. The first kappa shape index (κ1) is 18.4. The fourth-order valence-corrected chi connectivity index (χ4v) is 5.68. The minimum Gasteiger partial charge on any atom is -0.382 e. The number of nitrogen functional groups attached to an aromatic ring is 1. The van der Waals surface area contributed by atoms with E-state index < -0.39 is 9.84 Å². The predicted octanol–water partition coefficient (Wildman–Crippen LogP) is 3.34. The number of fused-ring (bicyclic) bond motifs is 2. The number of nitrogens with zero attached hydrogens (tertiary/aromatic N) is 5. The average Bonchev–Trinajstić information content (AvgIpc) is 3.38. The number of sulfone groups is 1. The third kappa shape index (κ3) is 2.93. The van der Waals surface area contributed by atoms with Crippen molar-refractivity contribution in [3.05, 3.63) is 71.9 Å². The normalized spacial score (nSPS) is 12.3. The van der Waals surface area contributed by atoms with Crippen LogP contribution in [0.15, 0.2) is 80.5 Å². The van der Waals surface area contributed by atoms with Crippen LogP contribution in [0.1, 0.15) is 5.56 Å². The summed E-state index contributed by atoms with van der Waals surface area (Å²) in [7, 11) is -3.90. The van der Waals surface area contributed by atoms with Crippen molar-refractivity contribution in [3.8, 4) is 0 Å². The van der Waals surface area contributed by atoms with Gasteiger partial charge in [-0.3, -0.25) is 4.98 Å². The lowest BCUT2D eigenvalue weighted by Gasteiger charge is -2.02. The molecule has 0 radical (unpaired) electrons. The molecule has 0 fully saturated rings. The Labute approximate surface area is 175 Å². The summed E-state index contributed by atoms with van der Waals surface area (Å²) in [5.74, 6) is -0.0426. The first-order valence-corrected chi connectivity index (χ1v) is 11.2. The van der Waals surface area contributed by atoms with Gasteiger partial charge in [-0.05, 0) is 41.3 Å². The van der Waals surface area contributed by atoms with Crippen LogP contribution in [0.5, 0.6) is 0 Å². The molecule has 5 rings (SSSR count). The standard InChI is InChI=1S/C20H14N6O2S2/c21-19-18(30(27,28)16-6-3-11-29-16)17-20(25-15-5-2-1-4-14(15)24-17)26(19)23-12-13-7-9-22-10-8-13/h1-12H,21H2/b23-12-. The molecule has 0 aliphatic rings. The van der Waals surface area contributed by atoms with Crippen molar-refractivity contribution >= 4 is 55.4 Å². The lowest BCUT2D eigenvalue weighted by Crippen LogP contribution is -2.05. The topological polar surface area (TPSA) is 116 Å². The summed E-state index contributed by atoms with van der Waals surface area (Å²) in [6.07, 6.45) is 4.84. The molecule has 5 aromatic rings. The van der Waals surface area contributed by atoms with E-state index in [1.54, 1.807) is 54.3 Å². The number of hydrogen-bond donors (Lipinski definition) is 1. The van der Waals surface area contributed by atoms with E-state index in [1.807, 2.05) is 12.1 Å². The molecule has 0 bridgehead atoms. The Kier molecular flexibility index (Phi) is 4.30. The van der Waals surface area contributed by atoms with Crippen LogP contribution in [0.4, 0.5) is 5.82 Å². The summed E-state index contributed by atoms with van der Waals surface area (Å²) in [6.45, 7) is 0. The molecule has 1 aromatic carbocycles. The van der Waals surface area contributed by atoms with Crippen LogP contribution in [0, 0.1) is 0 Å². The number of nitrogens with two attached hydrogens (primary N) is 1. The second-order valence-electron chi connectivity index (χ2n) is 6.37. The summed E-state index contributed by atoms with van der Waals surface area (Å²) in [5.41, 5.74) is 8.74. The van der Waals surface area contributed by atoms with Gasteiger partial charge in [0.15, 0.2) is 5.65 Å². The molecule has 0 aliphatic carbocycles. The van der Waals surface area contributed by atoms with Gasteiger partial charge >= 0.3 is 0 Å². The fraction of sp³-hybridized carbons (Fsp3) is 0. The monoisotopic (exact) mass is 434 g/mol. The maximum atomic E-state index is 13.3. The molecule has 30 heavy (non-hydrogen) atoms. The molecule has 4 heterocycles. The Morgan fingerprint density at radius 1 is 1.00 bits per heavy atom. The Hall–Kier alpha value is -3.63. The Bertz CT molecular complexity index is 1510. The van der Waals surface area contributed by atoms with E-state index in [-0.39, 0.29) is 26.1 Å². The minimum absolute atomic E-state index is 0.0426. The largest absolute Gasteiger partial charge is 0.382 e. The molecule has 0 saturated carbocycles. The van der Waals surface area contributed by atoms with E-state index in [0.29, 0.717) is 11.0 Å². The minimum atomic E-state index is -3.90. The molecule has 0 unspecified atom stereocenters. The summed E-state index contributed by atoms with van der Waals surface area (Å²) >= 11 is 1.12. The van der Waals surface area contributed by atoms with Crippen LogP contribution in [-0.2, 0) is 9.84 Å². The number of benzene rings is 1. The number of anilines is 1. The van der Waals surface area contributed by atoms with Crippen molar-refractivity contribution in [2.45, 2.75) is 9.10 Å². The molecule has 0 saturated heterocycles. The van der Waals surface area contributed by atoms with Crippen LogP contribution in [-0.4, -0.2) is 34.3 Å². The zero-order valence-electron chi connectivity index (χ0n) is 15.4. The van der Waals surface area contributed by atoms with Gasteiger partial charge in [0.25, 0.3) is 0 Å². The zero-order valence-corrected chi connectivity index (χ0v) is 17.0. The highest BCUT2D eigenvalue weighted by atomic mass is 32.2. The first-order chi connectivity index (χ1) is 14.6. The molecule has 2 N–H and O–H groups in total. The van der Waals surface area contributed by atoms with E-state index in [9.17, 15) is 8.42 Å². The van der Waals surface area contributed by atoms with E-state index in [4.69, 9.17) is 5.73 Å². The van der Waals surface area contributed by atoms with Crippen LogP contribution in [0.3, 0.4) is 0 Å². The molecule has 8 nitrogen and oxygen atoms in total. The highest BCUT2D eigenvalue weighted by molar-refractivity contribution is 7.93. The fourth-order valence-electron chi connectivity index (χ4n) is 3.10. The van der Waals surface area contributed by atoms with Crippen molar-refractivity contribution in [1.29, 1.82) is 0 Å². The smallest absolute Gasteiger partial charge is 0.221 e. The Morgan fingerprint density at radius 3 is 2.43 bits per heavy atom. The summed E-state index contributed by atoms with van der Waals surface area (Å²) in [5, 5.41) is 6.10. The van der Waals surface area contributed by atoms with Gasteiger partial charge in [0, 0.05) is 12.4 Å². The zero-order chi connectivity index (χ0) is 20.7. The highest BCUT2D eigenvalue weighted by Crippen LogP contribution is 2.36. The first-order valence-electron chi connectivity index (χ1n) is 8.85. The van der Waals surface area contributed by atoms with Crippen LogP contribution >= 0.6 is 11.3 Å². The number of hydrogen-bond acceptors (Lipinski definition) is 8. The van der Waals surface area contributed by atoms with E-state index in [0.717, 1.165) is 16.9 Å². The van der Waals surface area contributed by atoms with Crippen molar-refractivity contribution in [2.24, 2.45) is 5.10 Å². The molecular weight excluding hydrogens is 420 g/mol. The second-order valence-corrected chi connectivity index (χ2v) is 9.43. The quantitative estimate of drug-likeness (QED) is 0.434. The van der Waals surface area contributed by atoms with Crippen molar-refractivity contribution < 1.29 is 8.42 Å². The average molecular weight is 435 g/mol. The maximum absolute atomic E-state index is 13.3. The molecule has 0 aliphatic heterocycles. The Balaban J connectivity index is 1.83. The molecule has 148 valence electrons. The lowest BCUT2D eigenvalue weighted by atomic mass is 10.3. The van der Waals surface area contributed by atoms with Crippen molar-refractivity contribution in [2.75, 3.05) is 5.73 Å². The van der Waals surface area contributed by atoms with Gasteiger partial charge in [-0.2, -0.15) is 9.78 Å². The molecular formula is C20H14N6O2S2. The molecule has 4 aromatic heterocycles. The number of aromatic nitrogens is 4. The van der Waals surface area contributed by atoms with E-state index >= 15 is 0 Å². The molecule has 0 atom stereocenters. The SMILES string of the molecule is Nc1c(S(=O)(=O)c2cccs2)c2nc3ccccc3nc2n1/N=C\c1ccncc1. The van der Waals surface area contributed by atoms with Gasteiger partial charge < -0.3 is 5.73 Å². The van der Waals surface area contributed by atoms with Crippen molar-refractivity contribution in [1.82, 2.24) is 19.6 Å². The molecule has 0 amide bonds. The van der Waals surface area contributed by atoms with Gasteiger partial charge in [-0.1, -0.05) is 18.2 Å². The van der Waals surface area contributed by atoms with Gasteiger partial charge in [0.05, 0.1) is 17.2 Å². The maximum Gasteiger partial charge on any atom is 0.221 e. The molecule has 0 spiro atoms. The van der Waals surface area contributed by atoms with E-state index in [1.165, 1.54) is 10.7 Å². The summed E-state index contributed by atoms with van der Waals surface area (Å²) in [4.78, 5) is 13.0. The summed E-state index contributed by atoms with van der Waals surface area (Å²) in [6, 6.07) is 14.0. The van der Waals surface area contributed by atoms with Gasteiger partial charge in [0.1, 0.15) is 20.4 Å².